The van der Waals surface area contributed by atoms with Crippen LogP contribution in [0.1, 0.15) is 37.5 Å². The lowest BCUT2D eigenvalue weighted by atomic mass is 9.99. The number of carbonyl (C=O) groups excluding carboxylic acids is 1. The van der Waals surface area contributed by atoms with Gasteiger partial charge in [0.1, 0.15) is 23.7 Å². The third-order valence-electron chi connectivity index (χ3n) is 5.07. The lowest BCUT2D eigenvalue weighted by Crippen LogP contribution is -2.49. The van der Waals surface area contributed by atoms with Gasteiger partial charge in [0.05, 0.1) is 11.3 Å². The van der Waals surface area contributed by atoms with E-state index in [1.54, 1.807) is 0 Å². The number of nitrogens with zero attached hydrogens (tertiary/aromatic N) is 4. The van der Waals surface area contributed by atoms with Crippen molar-refractivity contribution in [2.45, 2.75) is 38.3 Å². The first-order valence-corrected chi connectivity index (χ1v) is 9.62. The number of amides is 1. The zero-order valence-electron chi connectivity index (χ0n) is 16.7. The molecule has 2 aromatic heterocycles. The fraction of sp³-hybridized carbons (Fsp3) is 0.474. The molecule has 4 heterocycles. The number of pyridine rings is 1. The van der Waals surface area contributed by atoms with Crippen LogP contribution in [0.5, 0.6) is 0 Å². The highest BCUT2D eigenvalue weighted by molar-refractivity contribution is 5.88. The smallest absolute Gasteiger partial charge is 0.413 e. The van der Waals surface area contributed by atoms with Crippen LogP contribution in [0.25, 0.3) is 11.4 Å². The third kappa shape index (κ3) is 4.24. The van der Waals surface area contributed by atoms with Crippen molar-refractivity contribution in [1.29, 1.82) is 0 Å². The standard InChI is InChI=1S/C19H20F4N6O2/c1-9-7-29(4-3-24-9)12-6-10(16(20)21)5-11(27-12)14-13-15(19(2,22)23)31-18(30)28-17(13)26-8-25-14/h5-6,8-9,15-16,24H,3-4,7H2,1-2H3,(H,25,26,28,30)/t9-,15+/m0/s1. The first kappa shape index (κ1) is 21.2. The largest absolute Gasteiger partial charge is 0.434 e. The van der Waals surface area contributed by atoms with E-state index in [0.717, 1.165) is 12.4 Å². The van der Waals surface area contributed by atoms with Crippen LogP contribution < -0.4 is 15.5 Å². The maximum absolute atomic E-state index is 14.3. The molecule has 31 heavy (non-hydrogen) atoms. The molecule has 2 aliphatic rings. The second-order valence-corrected chi connectivity index (χ2v) is 7.60. The molecule has 0 unspecified atom stereocenters. The van der Waals surface area contributed by atoms with Gasteiger partial charge in [0, 0.05) is 38.2 Å². The Kier molecular flexibility index (Phi) is 5.42. The normalized spacial score (nSPS) is 21.5. The van der Waals surface area contributed by atoms with Crippen LogP contribution in [0.3, 0.4) is 0 Å². The zero-order valence-corrected chi connectivity index (χ0v) is 16.7. The van der Waals surface area contributed by atoms with Crippen molar-refractivity contribution in [2.75, 3.05) is 29.9 Å². The minimum Gasteiger partial charge on any atom is -0.434 e. The first-order chi connectivity index (χ1) is 14.6. The summed E-state index contributed by atoms with van der Waals surface area (Å²) in [5, 5.41) is 5.51. The number of hydrogen-bond donors (Lipinski definition) is 2. The summed E-state index contributed by atoms with van der Waals surface area (Å²) < 4.78 is 60.6. The van der Waals surface area contributed by atoms with Crippen LogP contribution in [0.4, 0.5) is 34.0 Å². The molecule has 166 valence electrons. The Hall–Kier alpha value is -3.02. The van der Waals surface area contributed by atoms with Gasteiger partial charge in [-0.1, -0.05) is 0 Å². The van der Waals surface area contributed by atoms with Gasteiger partial charge < -0.3 is 15.0 Å². The molecule has 4 rings (SSSR count). The third-order valence-corrected chi connectivity index (χ3v) is 5.07. The lowest BCUT2D eigenvalue weighted by Gasteiger charge is -2.33. The summed E-state index contributed by atoms with van der Waals surface area (Å²) in [5.74, 6) is -3.35. The molecule has 0 spiro atoms. The number of hydrogen-bond acceptors (Lipinski definition) is 7. The molecular weight excluding hydrogens is 420 g/mol. The Bertz CT molecular complexity index is 1000. The number of anilines is 2. The van der Waals surface area contributed by atoms with Crippen molar-refractivity contribution in [3.63, 3.8) is 0 Å². The molecule has 2 atom stereocenters. The summed E-state index contributed by atoms with van der Waals surface area (Å²) in [4.78, 5) is 25.9. The molecule has 2 N–H and O–H groups in total. The molecule has 0 aliphatic carbocycles. The van der Waals surface area contributed by atoms with Crippen molar-refractivity contribution >= 4 is 17.7 Å². The SMILES string of the molecule is C[C@H]1CN(c2cc(C(F)F)cc(-c3ncnc4c3[C@H](C(C)(F)F)OC(=O)N4)n2)CCN1. The fourth-order valence-corrected chi connectivity index (χ4v) is 3.68. The number of carbonyl (C=O) groups is 1. The van der Waals surface area contributed by atoms with Crippen LogP contribution in [0.2, 0.25) is 0 Å². The number of rotatable bonds is 4. The van der Waals surface area contributed by atoms with Crippen LogP contribution in [-0.4, -0.2) is 52.6 Å². The molecule has 1 saturated heterocycles. The van der Waals surface area contributed by atoms with Crippen LogP contribution >= 0.6 is 0 Å². The van der Waals surface area contributed by atoms with E-state index < -0.39 is 24.5 Å². The minimum atomic E-state index is -3.47. The van der Waals surface area contributed by atoms with Crippen molar-refractivity contribution in [1.82, 2.24) is 20.3 Å². The molecule has 0 aromatic carbocycles. The van der Waals surface area contributed by atoms with E-state index in [-0.39, 0.29) is 40.2 Å². The number of ether oxygens (including phenoxy) is 1. The predicted octanol–water partition coefficient (Wildman–Crippen LogP) is 3.53. The zero-order chi connectivity index (χ0) is 22.3. The van der Waals surface area contributed by atoms with E-state index in [1.807, 2.05) is 11.8 Å². The molecule has 2 aromatic rings. The fourth-order valence-electron chi connectivity index (χ4n) is 3.68. The molecular formula is C19H20F4N6O2. The van der Waals surface area contributed by atoms with Gasteiger partial charge in [-0.25, -0.2) is 37.3 Å². The van der Waals surface area contributed by atoms with Gasteiger partial charge in [0.2, 0.25) is 0 Å². The van der Waals surface area contributed by atoms with Crippen molar-refractivity contribution in [2.24, 2.45) is 0 Å². The van der Waals surface area contributed by atoms with Crippen LogP contribution in [0, 0.1) is 0 Å². The molecule has 12 heteroatoms. The highest BCUT2D eigenvalue weighted by Gasteiger charge is 2.45. The second-order valence-electron chi connectivity index (χ2n) is 7.60. The van der Waals surface area contributed by atoms with E-state index in [2.05, 4.69) is 25.6 Å². The summed E-state index contributed by atoms with van der Waals surface area (Å²) in [7, 11) is 0. The van der Waals surface area contributed by atoms with E-state index in [0.29, 0.717) is 26.6 Å². The molecule has 0 radical (unpaired) electrons. The van der Waals surface area contributed by atoms with E-state index in [4.69, 9.17) is 4.74 Å². The van der Waals surface area contributed by atoms with Gasteiger partial charge in [-0.05, 0) is 19.1 Å². The van der Waals surface area contributed by atoms with Gasteiger partial charge in [-0.15, -0.1) is 0 Å². The van der Waals surface area contributed by atoms with Gasteiger partial charge in [-0.3, -0.25) is 5.32 Å². The highest BCUT2D eigenvalue weighted by atomic mass is 19.3. The molecule has 1 amide bonds. The average molecular weight is 440 g/mol. The van der Waals surface area contributed by atoms with Gasteiger partial charge in [0.25, 0.3) is 12.3 Å². The number of cyclic esters (lactones) is 1. The van der Waals surface area contributed by atoms with E-state index >= 15 is 0 Å². The average Bonchev–Trinajstić information content (AvgIpc) is 2.71. The number of aromatic nitrogens is 3. The number of piperazine rings is 1. The lowest BCUT2D eigenvalue weighted by molar-refractivity contribution is -0.0985. The Morgan fingerprint density at radius 1 is 1.29 bits per heavy atom. The van der Waals surface area contributed by atoms with Crippen LogP contribution in [0.15, 0.2) is 18.5 Å². The molecule has 0 saturated carbocycles. The van der Waals surface area contributed by atoms with Crippen molar-refractivity contribution < 1.29 is 27.1 Å². The topological polar surface area (TPSA) is 92.3 Å². The summed E-state index contributed by atoms with van der Waals surface area (Å²) in [6, 6.07) is 2.50. The molecule has 1 fully saturated rings. The maximum atomic E-state index is 14.3. The highest BCUT2D eigenvalue weighted by Crippen LogP contribution is 2.44. The Morgan fingerprint density at radius 2 is 2.06 bits per heavy atom. The molecule has 2 aliphatic heterocycles. The Morgan fingerprint density at radius 3 is 2.74 bits per heavy atom. The Balaban J connectivity index is 1.87. The number of alkyl halides is 4. The van der Waals surface area contributed by atoms with E-state index in [9.17, 15) is 22.4 Å². The van der Waals surface area contributed by atoms with Crippen molar-refractivity contribution in [3.05, 3.63) is 29.6 Å². The number of halogens is 4. The first-order valence-electron chi connectivity index (χ1n) is 9.62. The molecule has 8 nitrogen and oxygen atoms in total. The summed E-state index contributed by atoms with van der Waals surface area (Å²) in [6.07, 6.45) is -4.84. The summed E-state index contributed by atoms with van der Waals surface area (Å²) >= 11 is 0. The monoisotopic (exact) mass is 440 g/mol. The van der Waals surface area contributed by atoms with E-state index in [1.165, 1.54) is 6.07 Å². The Labute approximate surface area is 175 Å². The number of nitrogens with one attached hydrogen (secondary N) is 2. The van der Waals surface area contributed by atoms with Gasteiger partial charge in [0.15, 0.2) is 6.10 Å². The minimum absolute atomic E-state index is 0.0355. The van der Waals surface area contributed by atoms with Gasteiger partial charge >= 0.3 is 6.09 Å². The van der Waals surface area contributed by atoms with Crippen molar-refractivity contribution in [3.8, 4) is 11.4 Å². The quantitative estimate of drug-likeness (QED) is 0.703. The summed E-state index contributed by atoms with van der Waals surface area (Å²) in [5.41, 5.74) is -0.678. The number of fused-ring (bicyclic) bond motifs is 1. The summed E-state index contributed by atoms with van der Waals surface area (Å²) in [6.45, 7) is 4.27. The van der Waals surface area contributed by atoms with Crippen LogP contribution in [-0.2, 0) is 4.74 Å². The maximum Gasteiger partial charge on any atom is 0.413 e. The van der Waals surface area contributed by atoms with Gasteiger partial charge in [-0.2, -0.15) is 0 Å². The molecule has 0 bridgehead atoms. The predicted molar refractivity (Wildman–Crippen MR) is 103 cm³/mol. The second kappa shape index (κ2) is 7.91.